The van der Waals surface area contributed by atoms with Gasteiger partial charge in [0.1, 0.15) is 22.2 Å². The van der Waals surface area contributed by atoms with Crippen LogP contribution in [-0.4, -0.2) is 33.7 Å². The lowest BCUT2D eigenvalue weighted by Gasteiger charge is -2.14. The smallest absolute Gasteiger partial charge is 0.265 e. The number of pyridine rings is 1. The molecule has 1 atom stereocenters. The number of nitrogens with one attached hydrogen (secondary N) is 2. The number of methoxy groups -OCH3 is 2. The van der Waals surface area contributed by atoms with Crippen molar-refractivity contribution < 1.29 is 17.9 Å². The van der Waals surface area contributed by atoms with Crippen molar-refractivity contribution in [3.63, 3.8) is 0 Å². The van der Waals surface area contributed by atoms with Crippen molar-refractivity contribution in [2.24, 2.45) is 0 Å². The molecule has 0 fully saturated rings. The summed E-state index contributed by atoms with van der Waals surface area (Å²) < 4.78 is 38.0. The molecule has 2 rings (SSSR count). The third kappa shape index (κ3) is 4.76. The molecule has 0 saturated heterocycles. The first kappa shape index (κ1) is 18.9. The van der Waals surface area contributed by atoms with Crippen molar-refractivity contribution in [1.29, 1.82) is 0 Å². The molecule has 8 heteroatoms. The summed E-state index contributed by atoms with van der Waals surface area (Å²) in [4.78, 5) is 4.25. The lowest BCUT2D eigenvalue weighted by molar-refractivity contribution is 0.386. The summed E-state index contributed by atoms with van der Waals surface area (Å²) in [5.41, 5.74) is 0.368. The van der Waals surface area contributed by atoms with Gasteiger partial charge >= 0.3 is 0 Å². The number of benzene rings is 1. The Morgan fingerprint density at radius 3 is 2.48 bits per heavy atom. The highest BCUT2D eigenvalue weighted by molar-refractivity contribution is 7.92. The largest absolute Gasteiger partial charge is 0.497 e. The number of sulfonamides is 1. The van der Waals surface area contributed by atoms with E-state index in [1.807, 2.05) is 6.92 Å². The fourth-order valence-corrected chi connectivity index (χ4v) is 3.30. The number of rotatable bonds is 8. The first-order valence-electron chi connectivity index (χ1n) is 7.87. The van der Waals surface area contributed by atoms with Crippen LogP contribution < -0.4 is 19.5 Å². The molecule has 0 aliphatic rings. The predicted octanol–water partition coefficient (Wildman–Crippen LogP) is 3.11. The fourth-order valence-electron chi connectivity index (χ4n) is 2.10. The van der Waals surface area contributed by atoms with E-state index in [0.29, 0.717) is 23.3 Å². The topological polar surface area (TPSA) is 89.5 Å². The number of hydrogen-bond donors (Lipinski definition) is 2. The second-order valence-corrected chi connectivity index (χ2v) is 7.16. The van der Waals surface area contributed by atoms with E-state index in [9.17, 15) is 8.42 Å². The van der Waals surface area contributed by atoms with Gasteiger partial charge in [-0.3, -0.25) is 4.72 Å². The summed E-state index contributed by atoms with van der Waals surface area (Å²) >= 11 is 0. The molecule has 1 heterocycles. The van der Waals surface area contributed by atoms with Gasteiger partial charge in [0.25, 0.3) is 10.0 Å². The maximum atomic E-state index is 12.6. The van der Waals surface area contributed by atoms with Gasteiger partial charge in [-0.25, -0.2) is 13.4 Å². The van der Waals surface area contributed by atoms with Crippen molar-refractivity contribution in [3.8, 4) is 11.5 Å². The number of nitrogens with zero attached hydrogens (tertiary/aromatic N) is 1. The lowest BCUT2D eigenvalue weighted by atomic mass is 10.2. The molecule has 2 aromatic rings. The molecule has 0 aliphatic heterocycles. The Kier molecular flexibility index (Phi) is 6.08. The first-order chi connectivity index (χ1) is 11.9. The highest BCUT2D eigenvalue weighted by Gasteiger charge is 2.20. The number of hydrogen-bond acceptors (Lipinski definition) is 6. The quantitative estimate of drug-likeness (QED) is 0.747. The molecule has 0 bridgehead atoms. The van der Waals surface area contributed by atoms with Gasteiger partial charge in [-0.2, -0.15) is 0 Å². The molecule has 0 amide bonds. The highest BCUT2D eigenvalue weighted by Crippen LogP contribution is 2.29. The normalized spacial score (nSPS) is 12.3. The van der Waals surface area contributed by atoms with E-state index < -0.39 is 10.0 Å². The van der Waals surface area contributed by atoms with Gasteiger partial charge in [0.2, 0.25) is 0 Å². The highest BCUT2D eigenvalue weighted by atomic mass is 32.2. The molecule has 0 saturated carbocycles. The van der Waals surface area contributed by atoms with Gasteiger partial charge in [-0.15, -0.1) is 0 Å². The van der Waals surface area contributed by atoms with Gasteiger partial charge in [-0.1, -0.05) is 6.92 Å². The Labute approximate surface area is 148 Å². The molecule has 1 unspecified atom stereocenters. The molecule has 136 valence electrons. The molecule has 1 aromatic heterocycles. The van der Waals surface area contributed by atoms with E-state index in [4.69, 9.17) is 9.47 Å². The molecular weight excluding hydrogens is 342 g/mol. The SMILES string of the molecule is CCC(C)Nc1ccc(NS(=O)(=O)c2ccc(OC)cc2OC)cn1. The Hall–Kier alpha value is -2.48. The predicted molar refractivity (Wildman–Crippen MR) is 98.0 cm³/mol. The van der Waals surface area contributed by atoms with Crippen molar-refractivity contribution in [2.75, 3.05) is 24.3 Å². The second-order valence-electron chi connectivity index (χ2n) is 5.51. The molecule has 7 nitrogen and oxygen atoms in total. The molecule has 25 heavy (non-hydrogen) atoms. The zero-order valence-electron chi connectivity index (χ0n) is 14.7. The number of ether oxygens (including phenoxy) is 2. The summed E-state index contributed by atoms with van der Waals surface area (Å²) in [7, 11) is -0.903. The summed E-state index contributed by atoms with van der Waals surface area (Å²) in [5.74, 6) is 1.41. The molecular formula is C17H23N3O4S. The minimum atomic E-state index is -3.81. The Bertz CT molecular complexity index is 807. The average Bonchev–Trinajstić information content (AvgIpc) is 2.62. The van der Waals surface area contributed by atoms with Crippen molar-refractivity contribution >= 4 is 21.5 Å². The van der Waals surface area contributed by atoms with Crippen LogP contribution in [0.15, 0.2) is 41.4 Å². The number of anilines is 2. The Balaban J connectivity index is 2.21. The monoisotopic (exact) mass is 365 g/mol. The van der Waals surface area contributed by atoms with Crippen LogP contribution in [0.25, 0.3) is 0 Å². The van der Waals surface area contributed by atoms with Crippen LogP contribution in [0.3, 0.4) is 0 Å². The third-order valence-electron chi connectivity index (χ3n) is 3.68. The van der Waals surface area contributed by atoms with E-state index in [2.05, 4.69) is 21.9 Å². The minimum Gasteiger partial charge on any atom is -0.497 e. The third-order valence-corrected chi connectivity index (χ3v) is 5.10. The van der Waals surface area contributed by atoms with Gasteiger partial charge in [-0.05, 0) is 37.6 Å². The Morgan fingerprint density at radius 1 is 1.16 bits per heavy atom. The maximum Gasteiger partial charge on any atom is 0.265 e. The van der Waals surface area contributed by atoms with Gasteiger partial charge in [0.15, 0.2) is 0 Å². The molecule has 0 spiro atoms. The zero-order chi connectivity index (χ0) is 18.4. The molecule has 1 aromatic carbocycles. The van der Waals surface area contributed by atoms with Crippen LogP contribution in [-0.2, 0) is 10.0 Å². The Morgan fingerprint density at radius 2 is 1.92 bits per heavy atom. The van der Waals surface area contributed by atoms with E-state index in [-0.39, 0.29) is 10.6 Å². The number of aromatic nitrogens is 1. The summed E-state index contributed by atoms with van der Waals surface area (Å²) in [6, 6.07) is 8.20. The van der Waals surface area contributed by atoms with Gasteiger partial charge < -0.3 is 14.8 Å². The summed E-state index contributed by atoms with van der Waals surface area (Å²) in [6.45, 7) is 4.12. The van der Waals surface area contributed by atoms with E-state index in [1.54, 1.807) is 18.2 Å². The van der Waals surface area contributed by atoms with Gasteiger partial charge in [0.05, 0.1) is 26.1 Å². The molecule has 0 aliphatic carbocycles. The molecule has 0 radical (unpaired) electrons. The fraction of sp³-hybridized carbons (Fsp3) is 0.353. The van der Waals surface area contributed by atoms with Crippen LogP contribution in [0.4, 0.5) is 11.5 Å². The van der Waals surface area contributed by atoms with Gasteiger partial charge in [0, 0.05) is 12.1 Å². The van der Waals surface area contributed by atoms with Crippen molar-refractivity contribution in [3.05, 3.63) is 36.5 Å². The average molecular weight is 365 g/mol. The van der Waals surface area contributed by atoms with Crippen molar-refractivity contribution in [1.82, 2.24) is 4.98 Å². The van der Waals surface area contributed by atoms with Crippen LogP contribution in [0.2, 0.25) is 0 Å². The van der Waals surface area contributed by atoms with E-state index >= 15 is 0 Å². The van der Waals surface area contributed by atoms with E-state index in [1.165, 1.54) is 32.5 Å². The van der Waals surface area contributed by atoms with Crippen LogP contribution >= 0.6 is 0 Å². The maximum absolute atomic E-state index is 12.6. The van der Waals surface area contributed by atoms with Crippen LogP contribution in [0, 0.1) is 0 Å². The van der Waals surface area contributed by atoms with E-state index in [0.717, 1.165) is 6.42 Å². The minimum absolute atomic E-state index is 0.0256. The first-order valence-corrected chi connectivity index (χ1v) is 9.35. The van der Waals surface area contributed by atoms with Crippen LogP contribution in [0.5, 0.6) is 11.5 Å². The lowest BCUT2D eigenvalue weighted by Crippen LogP contribution is -2.16. The molecule has 2 N–H and O–H groups in total. The van der Waals surface area contributed by atoms with Crippen molar-refractivity contribution in [2.45, 2.75) is 31.2 Å². The second kappa shape index (κ2) is 8.06. The van der Waals surface area contributed by atoms with Crippen LogP contribution in [0.1, 0.15) is 20.3 Å². The zero-order valence-corrected chi connectivity index (χ0v) is 15.6. The summed E-state index contributed by atoms with van der Waals surface area (Å²) in [6.07, 6.45) is 2.44. The summed E-state index contributed by atoms with van der Waals surface area (Å²) in [5, 5.41) is 3.22. The standard InChI is InChI=1S/C17H23N3O4S/c1-5-12(2)19-17-9-6-13(11-18-17)20-25(21,22)16-8-7-14(23-3)10-15(16)24-4/h6-12,20H,5H2,1-4H3,(H,18,19).